The first-order valence-corrected chi connectivity index (χ1v) is 8.78. The molecule has 0 fully saturated rings. The number of nitrogens with zero attached hydrogens (tertiary/aromatic N) is 2. The normalized spacial score (nSPS) is 12.9. The molecule has 0 aliphatic rings. The highest BCUT2D eigenvalue weighted by atomic mass is 35.5. The number of rotatable bonds is 7. The molecular formula is C20H18ClF3N2O. The maximum absolute atomic E-state index is 12.7. The van der Waals surface area contributed by atoms with Gasteiger partial charge in [0.15, 0.2) is 0 Å². The molecule has 2 aromatic carbocycles. The molecule has 0 amide bonds. The van der Waals surface area contributed by atoms with Gasteiger partial charge in [-0.05, 0) is 41.8 Å². The number of aryl methyl sites for hydroxylation is 1. The minimum atomic E-state index is -4.34. The smallest absolute Gasteiger partial charge is 0.369 e. The molecule has 0 radical (unpaired) electrons. The Bertz CT molecular complexity index is 831. The molecule has 0 spiro atoms. The van der Waals surface area contributed by atoms with Crippen LogP contribution in [0.4, 0.5) is 13.2 Å². The Morgan fingerprint density at radius 2 is 1.74 bits per heavy atom. The Labute approximate surface area is 160 Å². The van der Waals surface area contributed by atoms with Crippen molar-refractivity contribution in [3.05, 3.63) is 89.0 Å². The third kappa shape index (κ3) is 5.58. The molecule has 3 nitrogen and oxygen atoms in total. The zero-order valence-electron chi connectivity index (χ0n) is 14.4. The van der Waals surface area contributed by atoms with E-state index in [-0.39, 0.29) is 12.7 Å². The second-order valence-electron chi connectivity index (χ2n) is 6.14. The number of benzene rings is 2. The minimum absolute atomic E-state index is 0.216. The van der Waals surface area contributed by atoms with Gasteiger partial charge in [0, 0.05) is 24.0 Å². The van der Waals surface area contributed by atoms with Gasteiger partial charge in [-0.2, -0.15) is 13.2 Å². The summed E-state index contributed by atoms with van der Waals surface area (Å²) in [5.41, 5.74) is 0.983. The lowest BCUT2D eigenvalue weighted by atomic mass is 10.1. The maximum atomic E-state index is 12.7. The van der Waals surface area contributed by atoms with Crippen molar-refractivity contribution in [3.63, 3.8) is 0 Å². The first-order chi connectivity index (χ1) is 12.9. The van der Waals surface area contributed by atoms with Crippen LogP contribution in [0, 0.1) is 0 Å². The molecule has 0 saturated carbocycles. The van der Waals surface area contributed by atoms with Crippen LogP contribution in [0.2, 0.25) is 5.02 Å². The molecule has 27 heavy (non-hydrogen) atoms. The van der Waals surface area contributed by atoms with Crippen molar-refractivity contribution in [3.8, 4) is 0 Å². The van der Waals surface area contributed by atoms with E-state index < -0.39 is 11.7 Å². The molecule has 3 aromatic rings. The van der Waals surface area contributed by atoms with E-state index in [1.54, 1.807) is 24.7 Å². The molecule has 1 unspecified atom stereocenters. The van der Waals surface area contributed by atoms with E-state index in [2.05, 4.69) is 4.98 Å². The third-order valence-electron chi connectivity index (χ3n) is 4.18. The fourth-order valence-corrected chi connectivity index (χ4v) is 2.82. The average Bonchev–Trinajstić information content (AvgIpc) is 3.16. The number of halogens is 4. The predicted octanol–water partition coefficient (Wildman–Crippen LogP) is 5.90. The topological polar surface area (TPSA) is 27.1 Å². The molecule has 0 bridgehead atoms. The van der Waals surface area contributed by atoms with E-state index in [9.17, 15) is 13.2 Å². The van der Waals surface area contributed by atoms with Crippen molar-refractivity contribution >= 4 is 11.6 Å². The molecule has 1 heterocycles. The molecule has 1 aromatic heterocycles. The van der Waals surface area contributed by atoms with Gasteiger partial charge in [0.1, 0.15) is 0 Å². The van der Waals surface area contributed by atoms with Crippen LogP contribution in [0.15, 0.2) is 67.3 Å². The summed E-state index contributed by atoms with van der Waals surface area (Å²) in [5.74, 6) is 0. The molecule has 7 heteroatoms. The monoisotopic (exact) mass is 394 g/mol. The summed E-state index contributed by atoms with van der Waals surface area (Å²) in [6, 6.07) is 12.4. The highest BCUT2D eigenvalue weighted by molar-refractivity contribution is 6.30. The van der Waals surface area contributed by atoms with Crippen molar-refractivity contribution in [1.29, 1.82) is 0 Å². The number of aromatic nitrogens is 2. The van der Waals surface area contributed by atoms with Gasteiger partial charge in [0.25, 0.3) is 0 Å². The standard InChI is InChI=1S/C20H18ClF3N2O/c21-18-7-3-16(4-8-18)19(9-11-26-12-10-25-14-26)27-13-15-1-5-17(6-2-15)20(22,23)24/h1-8,10,12,14,19H,9,11,13H2. The van der Waals surface area contributed by atoms with Crippen LogP contribution in [0.1, 0.15) is 29.2 Å². The fraction of sp³-hybridized carbons (Fsp3) is 0.250. The summed E-state index contributed by atoms with van der Waals surface area (Å²) in [7, 11) is 0. The summed E-state index contributed by atoms with van der Waals surface area (Å²) in [4.78, 5) is 4.02. The number of hydrogen-bond donors (Lipinski definition) is 0. The van der Waals surface area contributed by atoms with Gasteiger partial charge in [-0.15, -0.1) is 0 Å². The van der Waals surface area contributed by atoms with Crippen LogP contribution in [0.25, 0.3) is 0 Å². The third-order valence-corrected chi connectivity index (χ3v) is 4.43. The van der Waals surface area contributed by atoms with Crippen LogP contribution in [0.3, 0.4) is 0 Å². The molecule has 0 saturated heterocycles. The predicted molar refractivity (Wildman–Crippen MR) is 97.3 cm³/mol. The average molecular weight is 395 g/mol. The number of ether oxygens (including phenoxy) is 1. The van der Waals surface area contributed by atoms with Crippen molar-refractivity contribution in [1.82, 2.24) is 9.55 Å². The van der Waals surface area contributed by atoms with E-state index in [1.165, 1.54) is 12.1 Å². The maximum Gasteiger partial charge on any atom is 0.416 e. The fourth-order valence-electron chi connectivity index (χ4n) is 2.70. The minimum Gasteiger partial charge on any atom is -0.369 e. The largest absolute Gasteiger partial charge is 0.416 e. The van der Waals surface area contributed by atoms with E-state index in [0.29, 0.717) is 23.6 Å². The van der Waals surface area contributed by atoms with E-state index in [0.717, 1.165) is 17.7 Å². The van der Waals surface area contributed by atoms with Gasteiger partial charge >= 0.3 is 6.18 Å². The lowest BCUT2D eigenvalue weighted by Crippen LogP contribution is -2.09. The number of alkyl halides is 3. The van der Waals surface area contributed by atoms with Gasteiger partial charge in [-0.3, -0.25) is 0 Å². The van der Waals surface area contributed by atoms with E-state index >= 15 is 0 Å². The van der Waals surface area contributed by atoms with Gasteiger partial charge < -0.3 is 9.30 Å². The molecule has 0 aliphatic heterocycles. The SMILES string of the molecule is FC(F)(F)c1ccc(COC(CCn2ccnc2)c2ccc(Cl)cc2)cc1. The molecule has 142 valence electrons. The van der Waals surface area contributed by atoms with Gasteiger partial charge in [0.2, 0.25) is 0 Å². The highest BCUT2D eigenvalue weighted by Gasteiger charge is 2.29. The zero-order valence-corrected chi connectivity index (χ0v) is 15.1. The highest BCUT2D eigenvalue weighted by Crippen LogP contribution is 2.30. The van der Waals surface area contributed by atoms with Crippen LogP contribution in [0.5, 0.6) is 0 Å². The second kappa shape index (κ2) is 8.59. The van der Waals surface area contributed by atoms with Crippen molar-refractivity contribution in [2.75, 3.05) is 0 Å². The van der Waals surface area contributed by atoms with E-state index in [4.69, 9.17) is 16.3 Å². The van der Waals surface area contributed by atoms with Gasteiger partial charge in [0.05, 0.1) is 24.6 Å². The van der Waals surface area contributed by atoms with Crippen molar-refractivity contribution < 1.29 is 17.9 Å². The van der Waals surface area contributed by atoms with E-state index in [1.807, 2.05) is 22.9 Å². The second-order valence-corrected chi connectivity index (χ2v) is 6.57. The zero-order chi connectivity index (χ0) is 19.3. The first kappa shape index (κ1) is 19.5. The van der Waals surface area contributed by atoms with Crippen LogP contribution >= 0.6 is 11.6 Å². The summed E-state index contributed by atoms with van der Waals surface area (Å²) < 4.78 is 46.0. The van der Waals surface area contributed by atoms with Crippen LogP contribution in [-0.2, 0) is 24.1 Å². The Kier molecular flexibility index (Phi) is 6.19. The molecule has 1 atom stereocenters. The van der Waals surface area contributed by atoms with Gasteiger partial charge in [-0.1, -0.05) is 35.9 Å². The quantitative estimate of drug-likeness (QED) is 0.498. The molecule has 0 N–H and O–H groups in total. The molecular weight excluding hydrogens is 377 g/mol. The number of imidazole rings is 1. The Morgan fingerprint density at radius 1 is 1.04 bits per heavy atom. The Morgan fingerprint density at radius 3 is 2.33 bits per heavy atom. The first-order valence-electron chi connectivity index (χ1n) is 8.41. The summed E-state index contributed by atoms with van der Waals surface area (Å²) in [6.45, 7) is 0.926. The lowest BCUT2D eigenvalue weighted by molar-refractivity contribution is -0.137. The van der Waals surface area contributed by atoms with Crippen LogP contribution < -0.4 is 0 Å². The Hall–Kier alpha value is -2.31. The van der Waals surface area contributed by atoms with Crippen molar-refractivity contribution in [2.45, 2.75) is 31.9 Å². The summed E-state index contributed by atoms with van der Waals surface area (Å²) in [5, 5.41) is 0.634. The van der Waals surface area contributed by atoms with Gasteiger partial charge in [-0.25, -0.2) is 4.98 Å². The summed E-state index contributed by atoms with van der Waals surface area (Å²) >= 11 is 5.95. The molecule has 0 aliphatic carbocycles. The Balaban J connectivity index is 1.67. The summed E-state index contributed by atoms with van der Waals surface area (Å²) in [6.07, 6.45) is 1.45. The lowest BCUT2D eigenvalue weighted by Gasteiger charge is -2.19. The van der Waals surface area contributed by atoms with Crippen molar-refractivity contribution in [2.24, 2.45) is 0 Å². The van der Waals surface area contributed by atoms with Crippen LogP contribution in [-0.4, -0.2) is 9.55 Å². The number of hydrogen-bond acceptors (Lipinski definition) is 2. The molecule has 3 rings (SSSR count).